The van der Waals surface area contributed by atoms with Crippen LogP contribution in [0.3, 0.4) is 0 Å². The Balaban J connectivity index is 2.10. The average molecular weight is 254 g/mol. The molecule has 0 saturated heterocycles. The first-order valence-corrected chi connectivity index (χ1v) is 6.44. The molecular formula is C11H14N2O3S. The third-order valence-corrected chi connectivity index (χ3v) is 3.12. The van der Waals surface area contributed by atoms with Gasteiger partial charge in [-0.2, -0.15) is 0 Å². The van der Waals surface area contributed by atoms with Crippen molar-refractivity contribution in [1.29, 1.82) is 0 Å². The second kappa shape index (κ2) is 5.37. The quantitative estimate of drug-likeness (QED) is 0.824. The van der Waals surface area contributed by atoms with E-state index >= 15 is 0 Å². The van der Waals surface area contributed by atoms with E-state index < -0.39 is 0 Å². The highest BCUT2D eigenvalue weighted by Gasteiger charge is 2.14. The predicted molar refractivity (Wildman–Crippen MR) is 64.7 cm³/mol. The molecule has 0 unspecified atom stereocenters. The van der Waals surface area contributed by atoms with Crippen molar-refractivity contribution in [1.82, 2.24) is 10.2 Å². The van der Waals surface area contributed by atoms with Gasteiger partial charge in [-0.05, 0) is 19.9 Å². The molecule has 2 heterocycles. The smallest absolute Gasteiger partial charge is 0.251 e. The Hall–Kier alpha value is -1.27. The molecule has 2 aromatic heterocycles. The van der Waals surface area contributed by atoms with Crippen LogP contribution < -0.4 is 0 Å². The summed E-state index contributed by atoms with van der Waals surface area (Å²) in [6, 6.07) is 1.88. The van der Waals surface area contributed by atoms with Crippen molar-refractivity contribution in [2.24, 2.45) is 0 Å². The van der Waals surface area contributed by atoms with Crippen molar-refractivity contribution in [3.63, 3.8) is 0 Å². The Morgan fingerprint density at radius 1 is 1.29 bits per heavy atom. The summed E-state index contributed by atoms with van der Waals surface area (Å²) in [6.07, 6.45) is 0. The first-order chi connectivity index (χ1) is 8.20. The molecule has 0 aliphatic heterocycles. The van der Waals surface area contributed by atoms with Gasteiger partial charge in [0.25, 0.3) is 5.89 Å². The Kier molecular flexibility index (Phi) is 3.86. The molecule has 2 aromatic rings. The van der Waals surface area contributed by atoms with Crippen LogP contribution in [0.15, 0.2) is 14.9 Å². The number of hydrogen-bond acceptors (Lipinski definition) is 6. The molecular weight excluding hydrogens is 240 g/mol. The van der Waals surface area contributed by atoms with Crippen LogP contribution >= 0.6 is 11.8 Å². The third-order valence-electron chi connectivity index (χ3n) is 2.20. The zero-order chi connectivity index (χ0) is 12.3. The van der Waals surface area contributed by atoms with Crippen LogP contribution in [-0.4, -0.2) is 27.7 Å². The van der Waals surface area contributed by atoms with Crippen LogP contribution in [0, 0.1) is 13.8 Å². The van der Waals surface area contributed by atoms with Gasteiger partial charge in [-0.25, -0.2) is 0 Å². The third kappa shape index (κ3) is 2.89. The van der Waals surface area contributed by atoms with Crippen LogP contribution in [0.4, 0.5) is 0 Å². The summed E-state index contributed by atoms with van der Waals surface area (Å²) in [4.78, 5) is 0. The first-order valence-electron chi connectivity index (χ1n) is 5.29. The van der Waals surface area contributed by atoms with E-state index in [1.54, 1.807) is 11.8 Å². The lowest BCUT2D eigenvalue weighted by atomic mass is 10.2. The molecule has 0 atom stereocenters. The van der Waals surface area contributed by atoms with Crippen molar-refractivity contribution in [2.75, 3.05) is 12.4 Å². The zero-order valence-electron chi connectivity index (χ0n) is 9.77. The molecule has 1 N–H and O–H groups in total. The van der Waals surface area contributed by atoms with Gasteiger partial charge in [0.05, 0.1) is 17.9 Å². The lowest BCUT2D eigenvalue weighted by molar-refractivity contribution is 0.322. The molecule has 6 heteroatoms. The van der Waals surface area contributed by atoms with Crippen LogP contribution in [0.2, 0.25) is 0 Å². The fourth-order valence-corrected chi connectivity index (χ4v) is 2.05. The summed E-state index contributed by atoms with van der Waals surface area (Å²) >= 11 is 1.55. The average Bonchev–Trinajstić information content (AvgIpc) is 2.86. The number of furan rings is 1. The second-order valence-corrected chi connectivity index (χ2v) is 4.71. The number of aromatic nitrogens is 2. The van der Waals surface area contributed by atoms with E-state index in [9.17, 15) is 0 Å². The number of nitrogens with zero attached hydrogens (tertiary/aromatic N) is 2. The fraction of sp³-hybridized carbons (Fsp3) is 0.455. The number of aliphatic hydroxyl groups excluding tert-OH is 1. The summed E-state index contributed by atoms with van der Waals surface area (Å²) < 4.78 is 10.9. The number of thioether (sulfide) groups is 1. The zero-order valence-corrected chi connectivity index (χ0v) is 10.6. The van der Waals surface area contributed by atoms with Gasteiger partial charge in [-0.15, -0.1) is 22.0 Å². The lowest BCUT2D eigenvalue weighted by Crippen LogP contribution is -1.87. The molecule has 0 aromatic carbocycles. The van der Waals surface area contributed by atoms with Crippen LogP contribution in [0.25, 0.3) is 11.5 Å². The van der Waals surface area contributed by atoms with Crippen molar-refractivity contribution in [2.45, 2.75) is 19.6 Å². The van der Waals surface area contributed by atoms with Crippen LogP contribution in [0.5, 0.6) is 0 Å². The minimum absolute atomic E-state index is 0.158. The van der Waals surface area contributed by atoms with Gasteiger partial charge in [0, 0.05) is 5.75 Å². The van der Waals surface area contributed by atoms with Gasteiger partial charge in [-0.3, -0.25) is 0 Å². The summed E-state index contributed by atoms with van der Waals surface area (Å²) in [5, 5.41) is 16.6. The maximum absolute atomic E-state index is 8.67. The van der Waals surface area contributed by atoms with Gasteiger partial charge >= 0.3 is 0 Å². The van der Waals surface area contributed by atoms with Crippen molar-refractivity contribution in [3.8, 4) is 11.5 Å². The van der Waals surface area contributed by atoms with Gasteiger partial charge in [0.15, 0.2) is 0 Å². The summed E-state index contributed by atoms with van der Waals surface area (Å²) in [5.41, 5.74) is 0.841. The highest BCUT2D eigenvalue weighted by molar-refractivity contribution is 7.98. The molecule has 5 nitrogen and oxygen atoms in total. The van der Waals surface area contributed by atoms with Crippen molar-refractivity contribution in [3.05, 3.63) is 23.5 Å². The molecule has 0 radical (unpaired) electrons. The van der Waals surface area contributed by atoms with Gasteiger partial charge in [-0.1, -0.05) is 0 Å². The molecule has 0 spiro atoms. The van der Waals surface area contributed by atoms with E-state index in [0.717, 1.165) is 17.1 Å². The molecule has 92 valence electrons. The van der Waals surface area contributed by atoms with Gasteiger partial charge < -0.3 is 13.9 Å². The SMILES string of the molecule is Cc1cc(-c2nnc(CSCCO)o2)c(C)o1. The van der Waals surface area contributed by atoms with E-state index in [1.165, 1.54) is 0 Å². The number of aryl methyl sites for hydroxylation is 2. The number of aliphatic hydroxyl groups is 1. The number of rotatable bonds is 5. The fourth-order valence-electron chi connectivity index (χ4n) is 1.49. The molecule has 0 amide bonds. The molecule has 0 bridgehead atoms. The number of hydrogen-bond donors (Lipinski definition) is 1. The maximum atomic E-state index is 8.67. The van der Waals surface area contributed by atoms with E-state index in [4.69, 9.17) is 13.9 Å². The molecule has 0 aliphatic rings. The van der Waals surface area contributed by atoms with E-state index in [1.807, 2.05) is 19.9 Å². The highest BCUT2D eigenvalue weighted by atomic mass is 32.2. The monoisotopic (exact) mass is 254 g/mol. The molecule has 17 heavy (non-hydrogen) atoms. The molecule has 0 saturated carbocycles. The largest absolute Gasteiger partial charge is 0.466 e. The van der Waals surface area contributed by atoms with E-state index in [-0.39, 0.29) is 6.61 Å². The lowest BCUT2D eigenvalue weighted by Gasteiger charge is -1.93. The van der Waals surface area contributed by atoms with Crippen molar-refractivity contribution >= 4 is 11.8 Å². The van der Waals surface area contributed by atoms with E-state index in [2.05, 4.69) is 10.2 Å². The second-order valence-electron chi connectivity index (χ2n) is 3.60. The normalized spacial score (nSPS) is 11.0. The van der Waals surface area contributed by atoms with Gasteiger partial charge in [0.1, 0.15) is 11.5 Å². The Morgan fingerprint density at radius 3 is 2.76 bits per heavy atom. The van der Waals surface area contributed by atoms with Gasteiger partial charge in [0.2, 0.25) is 5.89 Å². The Morgan fingerprint density at radius 2 is 2.12 bits per heavy atom. The van der Waals surface area contributed by atoms with Crippen LogP contribution in [-0.2, 0) is 5.75 Å². The Bertz CT molecular complexity index is 493. The maximum Gasteiger partial charge on any atom is 0.251 e. The summed E-state index contributed by atoms with van der Waals surface area (Å²) in [5.74, 6) is 3.94. The minimum atomic E-state index is 0.158. The first kappa shape index (κ1) is 12.2. The Labute approximate surface area is 103 Å². The molecule has 0 fully saturated rings. The highest BCUT2D eigenvalue weighted by Crippen LogP contribution is 2.26. The summed E-state index contributed by atoms with van der Waals surface area (Å²) in [6.45, 7) is 3.91. The molecule has 0 aliphatic carbocycles. The predicted octanol–water partition coefficient (Wildman–Crippen LogP) is 2.17. The topological polar surface area (TPSA) is 72.3 Å². The molecule has 2 rings (SSSR count). The van der Waals surface area contributed by atoms with E-state index in [0.29, 0.717) is 23.3 Å². The van der Waals surface area contributed by atoms with Crippen molar-refractivity contribution < 1.29 is 13.9 Å². The van der Waals surface area contributed by atoms with Crippen LogP contribution in [0.1, 0.15) is 17.4 Å². The standard InChI is InChI=1S/C11H14N2O3S/c1-7-5-9(8(2)15-7)11-13-12-10(16-11)6-17-4-3-14/h5,14H,3-4,6H2,1-2H3. The minimum Gasteiger partial charge on any atom is -0.466 e. The summed E-state index contributed by atoms with van der Waals surface area (Å²) in [7, 11) is 0.